The van der Waals surface area contributed by atoms with E-state index in [0.717, 1.165) is 5.56 Å². The summed E-state index contributed by atoms with van der Waals surface area (Å²) >= 11 is 5.92. The van der Waals surface area contributed by atoms with Crippen molar-refractivity contribution in [1.82, 2.24) is 4.90 Å². The van der Waals surface area contributed by atoms with Gasteiger partial charge in [0, 0.05) is 23.5 Å². The molecule has 1 heterocycles. The van der Waals surface area contributed by atoms with E-state index in [1.807, 2.05) is 12.1 Å². The number of carbonyl (C=O) groups is 3. The third-order valence-electron chi connectivity index (χ3n) is 4.59. The molecule has 0 radical (unpaired) electrons. The molecule has 1 fully saturated rings. The van der Waals surface area contributed by atoms with Crippen LogP contribution in [0.5, 0.6) is 0 Å². The van der Waals surface area contributed by atoms with Crippen molar-refractivity contribution >= 4 is 29.4 Å². The molecule has 0 aromatic heterocycles. The molecule has 7 heteroatoms. The minimum atomic E-state index is -0.498. The Kier molecular flexibility index (Phi) is 7.45. The lowest BCUT2D eigenvalue weighted by Crippen LogP contribution is -2.48. The van der Waals surface area contributed by atoms with Gasteiger partial charge in [0.1, 0.15) is 12.2 Å². The van der Waals surface area contributed by atoms with Crippen LogP contribution >= 0.6 is 11.6 Å². The van der Waals surface area contributed by atoms with Gasteiger partial charge in [0.25, 0.3) is 0 Å². The number of ether oxygens (including phenoxy) is 2. The van der Waals surface area contributed by atoms with Crippen LogP contribution in [0.2, 0.25) is 5.02 Å². The van der Waals surface area contributed by atoms with Crippen molar-refractivity contribution in [1.29, 1.82) is 0 Å². The maximum Gasteiger partial charge on any atom is 0.409 e. The first-order chi connectivity index (χ1) is 12.4. The Labute approximate surface area is 158 Å². The number of hydrogen-bond acceptors (Lipinski definition) is 5. The number of rotatable bonds is 6. The van der Waals surface area contributed by atoms with Gasteiger partial charge in [-0.1, -0.05) is 23.7 Å². The molecule has 0 unspecified atom stereocenters. The highest BCUT2D eigenvalue weighted by molar-refractivity contribution is 6.30. The Morgan fingerprint density at radius 1 is 1.23 bits per heavy atom. The van der Waals surface area contributed by atoms with Crippen molar-refractivity contribution in [2.24, 2.45) is 5.92 Å². The zero-order valence-electron chi connectivity index (χ0n) is 15.1. The molecular weight excluding hydrogens is 358 g/mol. The fourth-order valence-corrected chi connectivity index (χ4v) is 3.41. The lowest BCUT2D eigenvalue weighted by molar-refractivity contribution is -0.146. The first-order valence-electron chi connectivity index (χ1n) is 8.72. The van der Waals surface area contributed by atoms with E-state index in [4.69, 9.17) is 21.1 Å². The van der Waals surface area contributed by atoms with E-state index in [0.29, 0.717) is 30.8 Å². The molecule has 0 N–H and O–H groups in total. The van der Waals surface area contributed by atoms with Crippen molar-refractivity contribution in [3.05, 3.63) is 34.9 Å². The third kappa shape index (κ3) is 5.46. The number of halogens is 1. The molecule has 1 aliphatic heterocycles. The van der Waals surface area contributed by atoms with Crippen LogP contribution in [0, 0.1) is 5.92 Å². The molecule has 0 spiro atoms. The minimum Gasteiger partial charge on any atom is -0.466 e. The second-order valence-corrected chi connectivity index (χ2v) is 6.75. The fraction of sp³-hybridized carbons (Fsp3) is 0.526. The molecule has 1 aromatic rings. The van der Waals surface area contributed by atoms with Crippen LogP contribution in [-0.2, 0) is 25.5 Å². The summed E-state index contributed by atoms with van der Waals surface area (Å²) in [4.78, 5) is 37.7. The number of ketones is 1. The van der Waals surface area contributed by atoms with Gasteiger partial charge in [-0.15, -0.1) is 0 Å². The van der Waals surface area contributed by atoms with Crippen LogP contribution in [0.1, 0.15) is 31.7 Å². The van der Waals surface area contributed by atoms with Crippen molar-refractivity contribution in [3.63, 3.8) is 0 Å². The fourth-order valence-electron chi connectivity index (χ4n) is 3.29. The normalized spacial score (nSPS) is 19.7. The summed E-state index contributed by atoms with van der Waals surface area (Å²) in [6.07, 6.45) is 0.987. The number of hydrogen-bond donors (Lipinski definition) is 0. The van der Waals surface area contributed by atoms with Gasteiger partial charge < -0.3 is 14.4 Å². The maximum atomic E-state index is 12.4. The van der Waals surface area contributed by atoms with Crippen molar-refractivity contribution < 1.29 is 23.9 Å². The summed E-state index contributed by atoms with van der Waals surface area (Å²) in [6.45, 7) is 2.38. The molecule has 1 aliphatic rings. The van der Waals surface area contributed by atoms with Gasteiger partial charge in [-0.2, -0.15) is 0 Å². The Bertz CT molecular complexity index is 646. The molecule has 0 saturated carbocycles. The predicted molar refractivity (Wildman–Crippen MR) is 97.0 cm³/mol. The van der Waals surface area contributed by atoms with Gasteiger partial charge in [-0.25, -0.2) is 4.79 Å². The Morgan fingerprint density at radius 2 is 1.92 bits per heavy atom. The third-order valence-corrected chi connectivity index (χ3v) is 4.84. The van der Waals surface area contributed by atoms with E-state index < -0.39 is 12.1 Å². The average Bonchev–Trinajstić information content (AvgIpc) is 2.63. The van der Waals surface area contributed by atoms with Crippen LogP contribution in [0.25, 0.3) is 0 Å². The van der Waals surface area contributed by atoms with E-state index in [1.165, 1.54) is 7.11 Å². The SMILES string of the molecule is CCOC(=O)CC(=O)[C@@H]1CCN(C(=O)OC)[C@H](Cc2ccc(Cl)cc2)C1. The van der Waals surface area contributed by atoms with Gasteiger partial charge in [0.2, 0.25) is 0 Å². The summed E-state index contributed by atoms with van der Waals surface area (Å²) in [5.41, 5.74) is 1.02. The maximum absolute atomic E-state index is 12.4. The lowest BCUT2D eigenvalue weighted by atomic mass is 9.84. The summed E-state index contributed by atoms with van der Waals surface area (Å²) < 4.78 is 9.73. The quantitative estimate of drug-likeness (QED) is 0.558. The lowest BCUT2D eigenvalue weighted by Gasteiger charge is -2.38. The highest BCUT2D eigenvalue weighted by Gasteiger charge is 2.35. The minimum absolute atomic E-state index is 0.130. The van der Waals surface area contributed by atoms with E-state index in [9.17, 15) is 14.4 Å². The molecule has 26 heavy (non-hydrogen) atoms. The summed E-state index contributed by atoms with van der Waals surface area (Å²) in [7, 11) is 1.35. The molecular formula is C19H24ClNO5. The Balaban J connectivity index is 2.08. The highest BCUT2D eigenvalue weighted by Crippen LogP contribution is 2.28. The summed E-state index contributed by atoms with van der Waals surface area (Å²) in [6, 6.07) is 7.23. The molecule has 142 valence electrons. The van der Waals surface area contributed by atoms with E-state index in [2.05, 4.69) is 0 Å². The molecule has 1 aromatic carbocycles. The number of benzene rings is 1. The number of carbonyl (C=O) groups excluding carboxylic acids is 3. The van der Waals surface area contributed by atoms with Crippen LogP contribution < -0.4 is 0 Å². The monoisotopic (exact) mass is 381 g/mol. The van der Waals surface area contributed by atoms with Gasteiger partial charge in [0.05, 0.1) is 13.7 Å². The van der Waals surface area contributed by atoms with Crippen LogP contribution in [0.4, 0.5) is 4.79 Å². The molecule has 1 amide bonds. The number of piperidine rings is 1. The number of methoxy groups -OCH3 is 1. The number of likely N-dealkylation sites (tertiary alicyclic amines) is 1. The number of nitrogens with zero attached hydrogens (tertiary/aromatic N) is 1. The second kappa shape index (κ2) is 9.57. The van der Waals surface area contributed by atoms with E-state index in [-0.39, 0.29) is 30.8 Å². The Hall–Kier alpha value is -2.08. The van der Waals surface area contributed by atoms with Crippen molar-refractivity contribution in [2.75, 3.05) is 20.3 Å². The molecule has 1 saturated heterocycles. The number of amides is 1. The van der Waals surface area contributed by atoms with E-state index >= 15 is 0 Å². The van der Waals surface area contributed by atoms with Gasteiger partial charge in [-0.3, -0.25) is 9.59 Å². The van der Waals surface area contributed by atoms with Crippen molar-refractivity contribution in [2.45, 2.75) is 38.6 Å². The van der Waals surface area contributed by atoms with Crippen LogP contribution in [-0.4, -0.2) is 49.0 Å². The molecule has 6 nitrogen and oxygen atoms in total. The largest absolute Gasteiger partial charge is 0.466 e. The first-order valence-corrected chi connectivity index (χ1v) is 9.09. The Morgan fingerprint density at radius 3 is 2.54 bits per heavy atom. The van der Waals surface area contributed by atoms with Gasteiger partial charge in [-0.05, 0) is 43.9 Å². The molecule has 2 atom stereocenters. The standard InChI is InChI=1S/C19H24ClNO5/c1-3-26-18(23)12-17(22)14-8-9-21(19(24)25-2)16(11-14)10-13-4-6-15(20)7-5-13/h4-7,14,16H,3,8-12H2,1-2H3/t14-,16-/m1/s1. The number of esters is 1. The topological polar surface area (TPSA) is 72.9 Å². The molecule has 2 rings (SSSR count). The molecule has 0 aliphatic carbocycles. The smallest absolute Gasteiger partial charge is 0.409 e. The van der Waals surface area contributed by atoms with Gasteiger partial charge in [0.15, 0.2) is 0 Å². The highest BCUT2D eigenvalue weighted by atomic mass is 35.5. The summed E-state index contributed by atoms with van der Waals surface area (Å²) in [5.74, 6) is -0.895. The number of Topliss-reactive ketones (excluding diaryl/α,β-unsaturated/α-hetero) is 1. The average molecular weight is 382 g/mol. The predicted octanol–water partition coefficient (Wildman–Crippen LogP) is 3.25. The second-order valence-electron chi connectivity index (χ2n) is 6.32. The van der Waals surface area contributed by atoms with Gasteiger partial charge >= 0.3 is 12.1 Å². The first kappa shape index (κ1) is 20.2. The van der Waals surface area contributed by atoms with Crippen LogP contribution in [0.3, 0.4) is 0 Å². The van der Waals surface area contributed by atoms with Crippen LogP contribution in [0.15, 0.2) is 24.3 Å². The zero-order valence-corrected chi connectivity index (χ0v) is 15.8. The zero-order chi connectivity index (χ0) is 19.1. The van der Waals surface area contributed by atoms with Crippen molar-refractivity contribution in [3.8, 4) is 0 Å². The summed E-state index contributed by atoms with van der Waals surface area (Å²) in [5, 5.41) is 0.643. The molecule has 0 bridgehead atoms. The van der Waals surface area contributed by atoms with E-state index in [1.54, 1.807) is 24.0 Å².